The predicted molar refractivity (Wildman–Crippen MR) is 42.8 cm³/mol. The number of ether oxygens (including phenoxy) is 1. The van der Waals surface area contributed by atoms with Crippen LogP contribution in [-0.2, 0) is 15.3 Å². The van der Waals surface area contributed by atoms with E-state index >= 15 is 0 Å². The third-order valence-electron chi connectivity index (χ3n) is 1.55. The van der Waals surface area contributed by atoms with Crippen LogP contribution in [0.4, 0.5) is 0 Å². The Morgan fingerprint density at radius 1 is 1.42 bits per heavy atom. The Hall–Kier alpha value is -1.35. The summed E-state index contributed by atoms with van der Waals surface area (Å²) in [6.07, 6.45) is 0. The molecule has 1 N–H and O–H groups in total. The molecule has 0 aliphatic rings. The molecule has 1 unspecified atom stereocenters. The average molecular weight is 165 g/mol. The molecule has 0 fully saturated rings. The van der Waals surface area contributed by atoms with E-state index in [4.69, 9.17) is 0 Å². The molecule has 0 spiro atoms. The molecule has 0 saturated heterocycles. The van der Waals surface area contributed by atoms with Gasteiger partial charge in [-0.1, -0.05) is 30.3 Å². The van der Waals surface area contributed by atoms with Crippen molar-refractivity contribution in [2.24, 2.45) is 0 Å². The van der Waals surface area contributed by atoms with E-state index in [9.17, 15) is 9.90 Å². The first-order chi connectivity index (χ1) is 5.67. The van der Waals surface area contributed by atoms with Crippen molar-refractivity contribution in [2.45, 2.75) is 12.7 Å². The number of rotatable bonds is 3. The molecule has 12 heavy (non-hydrogen) atoms. The lowest BCUT2D eigenvalue weighted by Gasteiger charge is -2.20. The second kappa shape index (κ2) is 3.36. The van der Waals surface area contributed by atoms with Crippen molar-refractivity contribution in [3.05, 3.63) is 35.9 Å². The van der Waals surface area contributed by atoms with Crippen LogP contribution in [0, 0.1) is 0 Å². The lowest BCUT2D eigenvalue weighted by molar-refractivity contribution is -0.140. The molecule has 3 heteroatoms. The molecule has 1 radical (unpaired) electrons. The molecule has 0 aliphatic heterocycles. The standard InChI is InChI=1S/C9H9O3/c1-9(11,12-7-10)8-5-3-2-4-6-8/h2-6,11H,1H3. The summed E-state index contributed by atoms with van der Waals surface area (Å²) in [7, 11) is 0. The SMILES string of the molecule is CC(O)(O[C]=O)c1ccccc1. The van der Waals surface area contributed by atoms with Crippen LogP contribution < -0.4 is 0 Å². The highest BCUT2D eigenvalue weighted by molar-refractivity contribution is 5.40. The summed E-state index contributed by atoms with van der Waals surface area (Å²) in [6, 6.07) is 8.63. The zero-order valence-corrected chi connectivity index (χ0v) is 6.65. The minimum Gasteiger partial charge on any atom is -0.421 e. The first-order valence-corrected chi connectivity index (χ1v) is 3.50. The molecule has 0 heterocycles. The molecule has 1 atom stereocenters. The Morgan fingerprint density at radius 3 is 2.50 bits per heavy atom. The van der Waals surface area contributed by atoms with Crippen molar-refractivity contribution >= 4 is 6.47 Å². The minimum atomic E-state index is -1.58. The predicted octanol–water partition coefficient (Wildman–Crippen LogP) is 0.935. The van der Waals surface area contributed by atoms with Crippen LogP contribution >= 0.6 is 0 Å². The number of aliphatic hydroxyl groups is 1. The van der Waals surface area contributed by atoms with Crippen LogP contribution in [0.2, 0.25) is 0 Å². The maximum absolute atomic E-state index is 9.89. The van der Waals surface area contributed by atoms with Crippen molar-refractivity contribution in [3.8, 4) is 0 Å². The maximum Gasteiger partial charge on any atom is 0.420 e. The van der Waals surface area contributed by atoms with Gasteiger partial charge in [-0.2, -0.15) is 0 Å². The molecule has 0 saturated carbocycles. The van der Waals surface area contributed by atoms with Gasteiger partial charge >= 0.3 is 6.47 Å². The van der Waals surface area contributed by atoms with E-state index < -0.39 is 5.79 Å². The molecule has 0 bridgehead atoms. The van der Waals surface area contributed by atoms with Crippen LogP contribution in [0.1, 0.15) is 12.5 Å². The highest BCUT2D eigenvalue weighted by atomic mass is 16.6. The molecular formula is C9H9O3. The molecule has 1 aromatic rings. The molecule has 0 amide bonds. The monoisotopic (exact) mass is 165 g/mol. The van der Waals surface area contributed by atoms with E-state index in [1.165, 1.54) is 13.4 Å². The average Bonchev–Trinajstić information content (AvgIpc) is 2.06. The second-order valence-electron chi connectivity index (χ2n) is 2.53. The summed E-state index contributed by atoms with van der Waals surface area (Å²) < 4.78 is 4.37. The zero-order chi connectivity index (χ0) is 9.03. The zero-order valence-electron chi connectivity index (χ0n) is 6.65. The Labute approximate surface area is 70.6 Å². The van der Waals surface area contributed by atoms with E-state index in [0.29, 0.717) is 5.56 Å². The van der Waals surface area contributed by atoms with Gasteiger partial charge in [-0.25, -0.2) is 4.79 Å². The van der Waals surface area contributed by atoms with Gasteiger partial charge in [-0.05, 0) is 0 Å². The highest BCUT2D eigenvalue weighted by Crippen LogP contribution is 2.19. The van der Waals surface area contributed by atoms with Gasteiger partial charge in [0.2, 0.25) is 5.79 Å². The summed E-state index contributed by atoms with van der Waals surface area (Å²) in [5, 5.41) is 9.50. The molecular weight excluding hydrogens is 156 g/mol. The summed E-state index contributed by atoms with van der Waals surface area (Å²) in [5.41, 5.74) is 0.522. The van der Waals surface area contributed by atoms with Crippen LogP contribution in [0.15, 0.2) is 30.3 Å². The fraction of sp³-hybridized carbons (Fsp3) is 0.222. The third-order valence-corrected chi connectivity index (χ3v) is 1.55. The fourth-order valence-corrected chi connectivity index (χ4v) is 0.887. The molecule has 1 aromatic carbocycles. The summed E-state index contributed by atoms with van der Waals surface area (Å²) in [5.74, 6) is -1.58. The lowest BCUT2D eigenvalue weighted by Crippen LogP contribution is -2.24. The van der Waals surface area contributed by atoms with Crippen LogP contribution in [0.25, 0.3) is 0 Å². The van der Waals surface area contributed by atoms with E-state index in [-0.39, 0.29) is 0 Å². The Bertz CT molecular complexity index is 254. The first kappa shape index (κ1) is 8.74. The van der Waals surface area contributed by atoms with Crippen molar-refractivity contribution in [2.75, 3.05) is 0 Å². The molecule has 3 nitrogen and oxygen atoms in total. The summed E-state index contributed by atoms with van der Waals surface area (Å²) in [6.45, 7) is 2.59. The van der Waals surface area contributed by atoms with E-state index in [1.807, 2.05) is 6.07 Å². The van der Waals surface area contributed by atoms with Crippen LogP contribution in [0.3, 0.4) is 0 Å². The number of hydrogen-bond donors (Lipinski definition) is 1. The van der Waals surface area contributed by atoms with Crippen molar-refractivity contribution in [1.29, 1.82) is 0 Å². The van der Waals surface area contributed by atoms with E-state index in [2.05, 4.69) is 4.74 Å². The number of benzene rings is 1. The fourth-order valence-electron chi connectivity index (χ4n) is 0.887. The number of hydrogen-bond acceptors (Lipinski definition) is 3. The second-order valence-corrected chi connectivity index (χ2v) is 2.53. The number of carbonyl (C=O) groups excluding carboxylic acids is 1. The van der Waals surface area contributed by atoms with Gasteiger partial charge in [0.05, 0.1) is 0 Å². The van der Waals surface area contributed by atoms with Crippen molar-refractivity contribution in [1.82, 2.24) is 0 Å². The Kier molecular flexibility index (Phi) is 2.45. The Balaban J connectivity index is 2.89. The van der Waals surface area contributed by atoms with Crippen LogP contribution in [-0.4, -0.2) is 11.6 Å². The normalized spacial score (nSPS) is 14.8. The largest absolute Gasteiger partial charge is 0.421 e. The highest BCUT2D eigenvalue weighted by Gasteiger charge is 2.24. The van der Waals surface area contributed by atoms with Crippen molar-refractivity contribution < 1.29 is 14.6 Å². The van der Waals surface area contributed by atoms with Gasteiger partial charge in [-0.3, -0.25) is 0 Å². The van der Waals surface area contributed by atoms with E-state index in [0.717, 1.165) is 0 Å². The van der Waals surface area contributed by atoms with Crippen molar-refractivity contribution in [3.63, 3.8) is 0 Å². The summed E-state index contributed by atoms with van der Waals surface area (Å²) in [4.78, 5) is 9.89. The van der Waals surface area contributed by atoms with Gasteiger partial charge in [0.1, 0.15) is 0 Å². The lowest BCUT2D eigenvalue weighted by atomic mass is 10.1. The molecule has 1 rings (SSSR count). The van der Waals surface area contributed by atoms with Crippen LogP contribution in [0.5, 0.6) is 0 Å². The van der Waals surface area contributed by atoms with Gasteiger partial charge in [0, 0.05) is 12.5 Å². The quantitative estimate of drug-likeness (QED) is 0.678. The molecule has 0 aliphatic carbocycles. The van der Waals surface area contributed by atoms with Gasteiger partial charge in [-0.15, -0.1) is 0 Å². The Morgan fingerprint density at radius 2 is 2.00 bits per heavy atom. The topological polar surface area (TPSA) is 46.5 Å². The van der Waals surface area contributed by atoms with Gasteiger partial charge in [0.15, 0.2) is 0 Å². The maximum atomic E-state index is 9.89. The first-order valence-electron chi connectivity index (χ1n) is 3.50. The van der Waals surface area contributed by atoms with Gasteiger partial charge in [0.25, 0.3) is 0 Å². The smallest absolute Gasteiger partial charge is 0.420 e. The van der Waals surface area contributed by atoms with Gasteiger partial charge < -0.3 is 9.84 Å². The third kappa shape index (κ3) is 1.83. The molecule has 63 valence electrons. The van der Waals surface area contributed by atoms with E-state index in [1.54, 1.807) is 24.3 Å². The summed E-state index contributed by atoms with van der Waals surface area (Å²) >= 11 is 0. The molecule has 0 aromatic heterocycles. The minimum absolute atomic E-state index is 0.522.